The Morgan fingerprint density at radius 3 is 2.38 bits per heavy atom. The minimum Gasteiger partial charge on any atom is -0.326 e. The number of hydrogen-bond donors (Lipinski definition) is 2. The van der Waals surface area contributed by atoms with E-state index in [2.05, 4.69) is 15.7 Å². The summed E-state index contributed by atoms with van der Waals surface area (Å²) in [5.74, 6) is -0.286. The number of carbonyl (C=O) groups is 2. The summed E-state index contributed by atoms with van der Waals surface area (Å²) in [6.45, 7) is 3.31. The number of nitrogens with one attached hydrogen (secondary N) is 2. The number of amides is 2. The second-order valence-electron chi connectivity index (χ2n) is 6.01. The van der Waals surface area contributed by atoms with Crippen LogP contribution in [0.1, 0.15) is 18.1 Å². The fourth-order valence-corrected chi connectivity index (χ4v) is 2.65. The molecule has 0 unspecified atom stereocenters. The molecule has 0 aliphatic carbocycles. The summed E-state index contributed by atoms with van der Waals surface area (Å²) >= 11 is 0. The summed E-state index contributed by atoms with van der Waals surface area (Å²) < 4.78 is 1.74. The number of para-hydroxylation sites is 1. The van der Waals surface area contributed by atoms with Crippen molar-refractivity contribution in [3.63, 3.8) is 0 Å². The lowest BCUT2D eigenvalue weighted by Gasteiger charge is -2.12. The molecule has 0 saturated heterocycles. The fraction of sp³-hybridized carbons (Fsp3) is 0.150. The summed E-state index contributed by atoms with van der Waals surface area (Å²) in [5, 5.41) is 9.95. The first kappa shape index (κ1) is 17.4. The molecule has 1 heterocycles. The molecular weight excluding hydrogens is 328 g/mol. The first-order chi connectivity index (χ1) is 12.5. The van der Waals surface area contributed by atoms with E-state index < -0.39 is 0 Å². The highest BCUT2D eigenvalue weighted by Crippen LogP contribution is 2.23. The third-order valence-electron chi connectivity index (χ3n) is 3.94. The number of nitrogens with zero attached hydrogens (tertiary/aromatic N) is 2. The van der Waals surface area contributed by atoms with Gasteiger partial charge in [0.15, 0.2) is 0 Å². The third kappa shape index (κ3) is 4.16. The lowest BCUT2D eigenvalue weighted by Crippen LogP contribution is -2.16. The van der Waals surface area contributed by atoms with Crippen LogP contribution in [0.25, 0.3) is 5.69 Å². The highest BCUT2D eigenvalue weighted by atomic mass is 16.2. The number of carbonyl (C=O) groups excluding carboxylic acids is 2. The van der Waals surface area contributed by atoms with Crippen molar-refractivity contribution in [2.24, 2.45) is 0 Å². The van der Waals surface area contributed by atoms with Crippen molar-refractivity contribution in [2.75, 3.05) is 10.6 Å². The lowest BCUT2D eigenvalue weighted by molar-refractivity contribution is -0.115. The second-order valence-corrected chi connectivity index (χ2v) is 6.01. The van der Waals surface area contributed by atoms with Gasteiger partial charge in [0.05, 0.1) is 18.3 Å². The molecule has 132 valence electrons. The Balaban J connectivity index is 1.68. The van der Waals surface area contributed by atoms with Crippen molar-refractivity contribution in [1.29, 1.82) is 0 Å². The van der Waals surface area contributed by atoms with Crippen LogP contribution in [-0.2, 0) is 16.0 Å². The Bertz CT molecular complexity index is 932. The summed E-state index contributed by atoms with van der Waals surface area (Å²) in [6, 6.07) is 15.1. The molecule has 0 aliphatic heterocycles. The van der Waals surface area contributed by atoms with Crippen molar-refractivity contribution < 1.29 is 9.59 Å². The number of benzene rings is 2. The van der Waals surface area contributed by atoms with Crippen LogP contribution in [0.15, 0.2) is 60.9 Å². The Morgan fingerprint density at radius 1 is 1.00 bits per heavy atom. The normalized spacial score (nSPS) is 10.4. The smallest absolute Gasteiger partial charge is 0.228 e. The number of hydrogen-bond acceptors (Lipinski definition) is 3. The largest absolute Gasteiger partial charge is 0.326 e. The Morgan fingerprint density at radius 2 is 1.69 bits per heavy atom. The van der Waals surface area contributed by atoms with Crippen molar-refractivity contribution in [3.8, 4) is 5.69 Å². The maximum atomic E-state index is 12.4. The van der Waals surface area contributed by atoms with Gasteiger partial charge in [0, 0.05) is 24.5 Å². The zero-order chi connectivity index (χ0) is 18.5. The van der Waals surface area contributed by atoms with Crippen LogP contribution in [0.3, 0.4) is 0 Å². The molecule has 0 spiro atoms. The molecule has 6 heteroatoms. The van der Waals surface area contributed by atoms with Gasteiger partial charge in [0.25, 0.3) is 0 Å². The second kappa shape index (κ2) is 7.65. The lowest BCUT2D eigenvalue weighted by atomic mass is 10.1. The van der Waals surface area contributed by atoms with E-state index in [1.165, 1.54) is 6.92 Å². The van der Waals surface area contributed by atoms with Gasteiger partial charge in [0.2, 0.25) is 11.8 Å². The summed E-state index contributed by atoms with van der Waals surface area (Å²) in [5.41, 5.74) is 3.94. The van der Waals surface area contributed by atoms with E-state index >= 15 is 0 Å². The molecule has 2 N–H and O–H groups in total. The molecule has 0 atom stereocenters. The van der Waals surface area contributed by atoms with Crippen molar-refractivity contribution in [2.45, 2.75) is 20.3 Å². The fourth-order valence-electron chi connectivity index (χ4n) is 2.65. The molecule has 0 radical (unpaired) electrons. The van der Waals surface area contributed by atoms with Gasteiger partial charge in [-0.3, -0.25) is 9.59 Å². The van der Waals surface area contributed by atoms with Gasteiger partial charge in [-0.05, 0) is 42.3 Å². The summed E-state index contributed by atoms with van der Waals surface area (Å²) in [7, 11) is 0. The van der Waals surface area contributed by atoms with Crippen LogP contribution in [0.2, 0.25) is 0 Å². The quantitative estimate of drug-likeness (QED) is 0.743. The highest BCUT2D eigenvalue weighted by molar-refractivity contribution is 5.95. The average Bonchev–Trinajstić information content (AvgIpc) is 3.07. The van der Waals surface area contributed by atoms with Crippen LogP contribution >= 0.6 is 0 Å². The van der Waals surface area contributed by atoms with Crippen LogP contribution in [-0.4, -0.2) is 21.6 Å². The number of anilines is 2. The van der Waals surface area contributed by atoms with E-state index in [9.17, 15) is 9.59 Å². The van der Waals surface area contributed by atoms with E-state index in [0.717, 1.165) is 16.8 Å². The van der Waals surface area contributed by atoms with Crippen molar-refractivity contribution in [3.05, 3.63) is 72.1 Å². The van der Waals surface area contributed by atoms with Crippen LogP contribution in [0, 0.1) is 6.92 Å². The van der Waals surface area contributed by atoms with E-state index in [0.29, 0.717) is 11.4 Å². The van der Waals surface area contributed by atoms with Gasteiger partial charge < -0.3 is 10.6 Å². The van der Waals surface area contributed by atoms with E-state index in [4.69, 9.17) is 0 Å². The third-order valence-corrected chi connectivity index (χ3v) is 3.94. The van der Waals surface area contributed by atoms with Crippen LogP contribution in [0.4, 0.5) is 11.4 Å². The number of aromatic nitrogens is 2. The van der Waals surface area contributed by atoms with Gasteiger partial charge in [-0.15, -0.1) is 0 Å². The minimum atomic E-state index is -0.148. The topological polar surface area (TPSA) is 76.0 Å². The molecule has 6 nitrogen and oxygen atoms in total. The van der Waals surface area contributed by atoms with E-state index in [1.54, 1.807) is 23.0 Å². The Hall–Kier alpha value is -3.41. The number of rotatable bonds is 5. The molecule has 0 saturated carbocycles. The van der Waals surface area contributed by atoms with Crippen molar-refractivity contribution in [1.82, 2.24) is 9.78 Å². The van der Waals surface area contributed by atoms with Crippen molar-refractivity contribution >= 4 is 23.2 Å². The first-order valence-electron chi connectivity index (χ1n) is 8.29. The van der Waals surface area contributed by atoms with Gasteiger partial charge in [-0.25, -0.2) is 4.68 Å². The van der Waals surface area contributed by atoms with Crippen LogP contribution < -0.4 is 10.6 Å². The minimum absolute atomic E-state index is 0.138. The molecular formula is C20H20N4O2. The van der Waals surface area contributed by atoms with E-state index in [1.807, 2.05) is 49.5 Å². The van der Waals surface area contributed by atoms with Crippen LogP contribution in [0.5, 0.6) is 0 Å². The first-order valence-corrected chi connectivity index (χ1v) is 8.29. The maximum absolute atomic E-state index is 12.4. The van der Waals surface area contributed by atoms with E-state index in [-0.39, 0.29) is 18.2 Å². The summed E-state index contributed by atoms with van der Waals surface area (Å²) in [4.78, 5) is 23.6. The maximum Gasteiger partial charge on any atom is 0.228 e. The highest BCUT2D eigenvalue weighted by Gasteiger charge is 2.10. The zero-order valence-corrected chi connectivity index (χ0v) is 14.7. The monoisotopic (exact) mass is 348 g/mol. The SMILES string of the molecule is CC(=O)Nc1cccc(NC(=O)Cc2cnn(-c3ccccc3)c2)c1C. The molecule has 1 aromatic heterocycles. The Kier molecular flexibility index (Phi) is 5.12. The molecule has 2 aromatic carbocycles. The van der Waals surface area contributed by atoms with Gasteiger partial charge in [0.1, 0.15) is 0 Å². The predicted octanol–water partition coefficient (Wildman–Crippen LogP) is 3.32. The van der Waals surface area contributed by atoms with Gasteiger partial charge >= 0.3 is 0 Å². The van der Waals surface area contributed by atoms with Gasteiger partial charge in [-0.2, -0.15) is 5.10 Å². The molecule has 3 rings (SSSR count). The van der Waals surface area contributed by atoms with Gasteiger partial charge in [-0.1, -0.05) is 24.3 Å². The molecule has 3 aromatic rings. The Labute approximate surface area is 151 Å². The molecule has 2 amide bonds. The molecule has 0 fully saturated rings. The predicted molar refractivity (Wildman–Crippen MR) is 101 cm³/mol. The summed E-state index contributed by atoms with van der Waals surface area (Å²) in [6.07, 6.45) is 3.75. The average molecular weight is 348 g/mol. The molecule has 0 bridgehead atoms. The zero-order valence-electron chi connectivity index (χ0n) is 14.7. The standard InChI is InChI=1S/C20H20N4O2/c1-14-18(22-15(2)25)9-6-10-19(14)23-20(26)11-16-12-21-24(13-16)17-7-4-3-5-8-17/h3-10,12-13H,11H2,1-2H3,(H,22,25)(H,23,26). The molecule has 26 heavy (non-hydrogen) atoms. The molecule has 0 aliphatic rings.